The molecule has 3 nitrogen and oxygen atoms in total. The van der Waals surface area contributed by atoms with Crippen LogP contribution in [-0.4, -0.2) is 5.11 Å². The first-order valence-corrected chi connectivity index (χ1v) is 6.95. The van der Waals surface area contributed by atoms with Crippen molar-refractivity contribution in [3.63, 3.8) is 0 Å². The highest BCUT2D eigenvalue weighted by Crippen LogP contribution is 2.31. The molecule has 0 spiro atoms. The number of phenolic OH excluding ortho intramolecular Hbond substituents is 1. The van der Waals surface area contributed by atoms with Crippen LogP contribution in [0.15, 0.2) is 71.3 Å². The summed E-state index contributed by atoms with van der Waals surface area (Å²) in [5.41, 5.74) is 1.89. The molecule has 0 aliphatic heterocycles. The molecule has 21 heavy (non-hydrogen) atoms. The molecule has 3 rings (SSSR count). The molecule has 3 aromatic rings. The van der Waals surface area contributed by atoms with Crippen molar-refractivity contribution in [2.24, 2.45) is 0 Å². The number of benzene rings is 2. The van der Waals surface area contributed by atoms with Gasteiger partial charge in [0.1, 0.15) is 17.6 Å². The van der Waals surface area contributed by atoms with E-state index >= 15 is 0 Å². The molecule has 0 radical (unpaired) electrons. The Morgan fingerprint density at radius 3 is 2.48 bits per heavy atom. The highest BCUT2D eigenvalue weighted by molar-refractivity contribution is 6.32. The molecule has 0 aliphatic carbocycles. The Bertz CT molecular complexity index is 711. The van der Waals surface area contributed by atoms with Gasteiger partial charge in [-0.1, -0.05) is 41.9 Å². The SMILES string of the molecule is Oc1ccc(NC(c2ccccc2)c2ccco2)cc1Cl. The fourth-order valence-electron chi connectivity index (χ4n) is 2.18. The third-order valence-electron chi connectivity index (χ3n) is 3.22. The molecule has 1 atom stereocenters. The van der Waals surface area contributed by atoms with Crippen molar-refractivity contribution in [1.82, 2.24) is 0 Å². The van der Waals surface area contributed by atoms with Gasteiger partial charge >= 0.3 is 0 Å². The van der Waals surface area contributed by atoms with Crippen molar-refractivity contribution >= 4 is 17.3 Å². The Morgan fingerprint density at radius 2 is 1.81 bits per heavy atom. The zero-order valence-corrected chi connectivity index (χ0v) is 11.9. The molecule has 2 N–H and O–H groups in total. The van der Waals surface area contributed by atoms with Gasteiger partial charge < -0.3 is 14.8 Å². The molecular formula is C17H14ClNO2. The van der Waals surface area contributed by atoms with E-state index < -0.39 is 0 Å². The first-order chi connectivity index (χ1) is 10.2. The maximum Gasteiger partial charge on any atom is 0.134 e. The van der Waals surface area contributed by atoms with Gasteiger partial charge in [-0.2, -0.15) is 0 Å². The maximum atomic E-state index is 9.50. The standard InChI is InChI=1S/C17H14ClNO2/c18-14-11-13(8-9-15(14)20)19-17(16-7-4-10-21-16)12-5-2-1-3-6-12/h1-11,17,19-20H. The Balaban J connectivity index is 1.95. The lowest BCUT2D eigenvalue weighted by Gasteiger charge is -2.18. The number of hydrogen-bond acceptors (Lipinski definition) is 3. The number of anilines is 1. The van der Waals surface area contributed by atoms with Crippen LogP contribution >= 0.6 is 11.6 Å². The van der Waals surface area contributed by atoms with Crippen molar-refractivity contribution < 1.29 is 9.52 Å². The summed E-state index contributed by atoms with van der Waals surface area (Å²) in [5, 5.41) is 13.2. The molecule has 4 heteroatoms. The second kappa shape index (κ2) is 5.94. The molecule has 1 heterocycles. The second-order valence-corrected chi connectivity index (χ2v) is 5.08. The lowest BCUT2D eigenvalue weighted by atomic mass is 10.0. The first kappa shape index (κ1) is 13.6. The number of nitrogens with one attached hydrogen (secondary N) is 1. The van der Waals surface area contributed by atoms with Crippen LogP contribution in [-0.2, 0) is 0 Å². The van der Waals surface area contributed by atoms with Crippen LogP contribution < -0.4 is 5.32 Å². The van der Waals surface area contributed by atoms with Crippen LogP contribution in [0.5, 0.6) is 5.75 Å². The van der Waals surface area contributed by atoms with Crippen LogP contribution in [0.25, 0.3) is 0 Å². The molecule has 0 saturated carbocycles. The van der Waals surface area contributed by atoms with E-state index in [1.165, 1.54) is 0 Å². The fourth-order valence-corrected chi connectivity index (χ4v) is 2.36. The summed E-state index contributed by atoms with van der Waals surface area (Å²) in [4.78, 5) is 0. The molecule has 1 unspecified atom stereocenters. The molecular weight excluding hydrogens is 286 g/mol. The highest BCUT2D eigenvalue weighted by atomic mass is 35.5. The van der Waals surface area contributed by atoms with Gasteiger partial charge in [-0.05, 0) is 35.9 Å². The number of rotatable bonds is 4. The Morgan fingerprint density at radius 1 is 1.00 bits per heavy atom. The summed E-state index contributed by atoms with van der Waals surface area (Å²) in [6.45, 7) is 0. The molecule has 2 aromatic carbocycles. The van der Waals surface area contributed by atoms with Crippen LogP contribution in [0.1, 0.15) is 17.4 Å². The van der Waals surface area contributed by atoms with Crippen molar-refractivity contribution in [2.45, 2.75) is 6.04 Å². The lowest BCUT2D eigenvalue weighted by molar-refractivity contribution is 0.475. The summed E-state index contributed by atoms with van der Waals surface area (Å²) in [6.07, 6.45) is 1.65. The number of hydrogen-bond donors (Lipinski definition) is 2. The van der Waals surface area contributed by atoms with Crippen molar-refractivity contribution in [1.29, 1.82) is 0 Å². The zero-order chi connectivity index (χ0) is 14.7. The third-order valence-corrected chi connectivity index (χ3v) is 3.52. The van der Waals surface area contributed by atoms with Crippen molar-refractivity contribution in [3.8, 4) is 5.75 Å². The Labute approximate surface area is 127 Å². The molecule has 0 aliphatic rings. The summed E-state index contributed by atoms with van der Waals surface area (Å²) in [5.74, 6) is 0.877. The number of aromatic hydroxyl groups is 1. The lowest BCUT2D eigenvalue weighted by Crippen LogP contribution is -2.11. The minimum atomic E-state index is -0.123. The third kappa shape index (κ3) is 3.03. The molecule has 0 saturated heterocycles. The van der Waals surface area contributed by atoms with Gasteiger partial charge in [0, 0.05) is 5.69 Å². The van der Waals surface area contributed by atoms with Crippen LogP contribution in [0, 0.1) is 0 Å². The van der Waals surface area contributed by atoms with Crippen LogP contribution in [0.4, 0.5) is 5.69 Å². The maximum absolute atomic E-state index is 9.50. The number of furan rings is 1. The fraction of sp³-hybridized carbons (Fsp3) is 0.0588. The average Bonchev–Trinajstić information content (AvgIpc) is 3.03. The van der Waals surface area contributed by atoms with E-state index in [1.54, 1.807) is 24.5 Å². The average molecular weight is 300 g/mol. The smallest absolute Gasteiger partial charge is 0.134 e. The van der Waals surface area contributed by atoms with Gasteiger partial charge in [0.15, 0.2) is 0 Å². The van der Waals surface area contributed by atoms with Gasteiger partial charge in [-0.15, -0.1) is 0 Å². The Kier molecular flexibility index (Phi) is 3.84. The molecule has 1 aromatic heterocycles. The van der Waals surface area contributed by atoms with Gasteiger partial charge in [0.2, 0.25) is 0 Å². The summed E-state index contributed by atoms with van der Waals surface area (Å²) in [7, 11) is 0. The van der Waals surface area contributed by atoms with Gasteiger partial charge in [0.05, 0.1) is 11.3 Å². The number of phenols is 1. The zero-order valence-electron chi connectivity index (χ0n) is 11.2. The normalized spacial score (nSPS) is 12.0. The van der Waals surface area contributed by atoms with E-state index in [0.29, 0.717) is 5.02 Å². The van der Waals surface area contributed by atoms with E-state index in [4.69, 9.17) is 16.0 Å². The second-order valence-electron chi connectivity index (χ2n) is 4.67. The van der Waals surface area contributed by atoms with E-state index in [0.717, 1.165) is 17.0 Å². The summed E-state index contributed by atoms with van der Waals surface area (Å²) in [6, 6.07) is 18.7. The summed E-state index contributed by atoms with van der Waals surface area (Å²) < 4.78 is 5.53. The molecule has 0 amide bonds. The van der Waals surface area contributed by atoms with Crippen molar-refractivity contribution in [2.75, 3.05) is 5.32 Å². The summed E-state index contributed by atoms with van der Waals surface area (Å²) >= 11 is 5.95. The highest BCUT2D eigenvalue weighted by Gasteiger charge is 2.16. The van der Waals surface area contributed by atoms with Crippen molar-refractivity contribution in [3.05, 3.63) is 83.3 Å². The van der Waals surface area contributed by atoms with Crippen LogP contribution in [0.2, 0.25) is 5.02 Å². The van der Waals surface area contributed by atoms with Crippen LogP contribution in [0.3, 0.4) is 0 Å². The molecule has 106 valence electrons. The quantitative estimate of drug-likeness (QED) is 0.678. The van der Waals surface area contributed by atoms with E-state index in [9.17, 15) is 5.11 Å². The monoisotopic (exact) mass is 299 g/mol. The van der Waals surface area contributed by atoms with Gasteiger partial charge in [-0.3, -0.25) is 0 Å². The van der Waals surface area contributed by atoms with Gasteiger partial charge in [0.25, 0.3) is 0 Å². The molecule has 0 fully saturated rings. The largest absolute Gasteiger partial charge is 0.506 e. The first-order valence-electron chi connectivity index (χ1n) is 6.57. The predicted octanol–water partition coefficient (Wildman–Crippen LogP) is 4.84. The topological polar surface area (TPSA) is 45.4 Å². The van der Waals surface area contributed by atoms with Gasteiger partial charge in [-0.25, -0.2) is 0 Å². The Hall–Kier alpha value is -2.39. The minimum Gasteiger partial charge on any atom is -0.506 e. The molecule has 0 bridgehead atoms. The predicted molar refractivity (Wildman–Crippen MR) is 83.7 cm³/mol. The van der Waals surface area contributed by atoms with E-state index in [2.05, 4.69) is 5.32 Å². The minimum absolute atomic E-state index is 0.0662. The number of halogens is 1. The van der Waals surface area contributed by atoms with E-state index in [1.807, 2.05) is 42.5 Å². The van der Waals surface area contributed by atoms with E-state index in [-0.39, 0.29) is 11.8 Å².